The summed E-state index contributed by atoms with van der Waals surface area (Å²) in [6.45, 7) is 9.85. The Kier molecular flexibility index (Phi) is 4.28. The van der Waals surface area contributed by atoms with Crippen LogP contribution in [0.2, 0.25) is 0 Å². The zero-order chi connectivity index (χ0) is 15.9. The predicted octanol–water partition coefficient (Wildman–Crippen LogP) is -0.181. The van der Waals surface area contributed by atoms with E-state index in [1.54, 1.807) is 17.5 Å². The summed E-state index contributed by atoms with van der Waals surface area (Å²) < 4.78 is 28.0. The van der Waals surface area contributed by atoms with Crippen molar-refractivity contribution in [3.8, 4) is 0 Å². The summed E-state index contributed by atoms with van der Waals surface area (Å²) >= 11 is 0. The standard InChI is InChI=1S/C14H25N5O2S/c1-12(2)17-4-6-18(7-5-17)13-9-19(10-13)22(20,21)14-8-15-16(3)11-14/h8,11-13H,4-7,9-10H2,1-3H3. The minimum absolute atomic E-state index is 0.290. The van der Waals surface area contributed by atoms with Crippen LogP contribution in [0.25, 0.3) is 0 Å². The lowest BCUT2D eigenvalue weighted by Crippen LogP contribution is -2.64. The average Bonchev–Trinajstić information content (AvgIpc) is 2.85. The highest BCUT2D eigenvalue weighted by atomic mass is 32.2. The normalized spacial score (nSPS) is 23.1. The summed E-state index contributed by atoms with van der Waals surface area (Å²) in [6.07, 6.45) is 2.98. The molecule has 2 aliphatic rings. The molecule has 0 radical (unpaired) electrons. The molecule has 2 aliphatic heterocycles. The highest BCUT2D eigenvalue weighted by molar-refractivity contribution is 7.89. The van der Waals surface area contributed by atoms with Gasteiger partial charge in [-0.15, -0.1) is 0 Å². The van der Waals surface area contributed by atoms with Crippen molar-refractivity contribution >= 4 is 10.0 Å². The van der Waals surface area contributed by atoms with E-state index in [0.29, 0.717) is 25.2 Å². The van der Waals surface area contributed by atoms with Gasteiger partial charge in [0.05, 0.1) is 6.20 Å². The summed E-state index contributed by atoms with van der Waals surface area (Å²) in [4.78, 5) is 5.19. The number of hydrogen-bond donors (Lipinski definition) is 0. The Morgan fingerprint density at radius 2 is 1.82 bits per heavy atom. The quantitative estimate of drug-likeness (QED) is 0.768. The molecule has 3 rings (SSSR count). The predicted molar refractivity (Wildman–Crippen MR) is 84.0 cm³/mol. The molecule has 2 saturated heterocycles. The third kappa shape index (κ3) is 2.92. The molecule has 0 aromatic carbocycles. The van der Waals surface area contributed by atoms with Crippen LogP contribution < -0.4 is 0 Å². The Bertz CT molecular complexity index is 613. The van der Waals surface area contributed by atoms with Gasteiger partial charge in [-0.25, -0.2) is 8.42 Å². The van der Waals surface area contributed by atoms with E-state index in [4.69, 9.17) is 0 Å². The smallest absolute Gasteiger partial charge is 0.246 e. The Morgan fingerprint density at radius 1 is 1.18 bits per heavy atom. The van der Waals surface area contributed by atoms with E-state index < -0.39 is 10.0 Å². The lowest BCUT2D eigenvalue weighted by atomic mass is 10.1. The van der Waals surface area contributed by atoms with Crippen LogP contribution in [0.15, 0.2) is 17.3 Å². The fraction of sp³-hybridized carbons (Fsp3) is 0.786. The van der Waals surface area contributed by atoms with Crippen molar-refractivity contribution in [2.45, 2.75) is 30.8 Å². The maximum Gasteiger partial charge on any atom is 0.246 e. The second-order valence-corrected chi connectivity index (χ2v) is 8.43. The molecule has 0 unspecified atom stereocenters. The number of sulfonamides is 1. The highest BCUT2D eigenvalue weighted by Crippen LogP contribution is 2.24. The molecule has 22 heavy (non-hydrogen) atoms. The van der Waals surface area contributed by atoms with Crippen LogP contribution in [0, 0.1) is 0 Å². The third-order valence-corrected chi connectivity index (χ3v) is 6.53. The molecule has 2 fully saturated rings. The van der Waals surface area contributed by atoms with Gasteiger partial charge in [-0.2, -0.15) is 9.40 Å². The zero-order valence-electron chi connectivity index (χ0n) is 13.5. The SMILES string of the molecule is CC(C)N1CCN(C2CN(S(=O)(=O)c3cnn(C)c3)C2)CC1. The van der Waals surface area contributed by atoms with Crippen LogP contribution in [0.3, 0.4) is 0 Å². The fourth-order valence-electron chi connectivity index (χ4n) is 3.14. The monoisotopic (exact) mass is 327 g/mol. The van der Waals surface area contributed by atoms with Gasteiger partial charge < -0.3 is 0 Å². The molecule has 8 heteroatoms. The maximum absolute atomic E-state index is 12.4. The van der Waals surface area contributed by atoms with Crippen LogP contribution >= 0.6 is 0 Å². The number of rotatable bonds is 4. The molecule has 1 aromatic heterocycles. The van der Waals surface area contributed by atoms with E-state index in [0.717, 1.165) is 26.2 Å². The van der Waals surface area contributed by atoms with Crippen molar-refractivity contribution < 1.29 is 8.42 Å². The van der Waals surface area contributed by atoms with Gasteiger partial charge in [-0.3, -0.25) is 14.5 Å². The van der Waals surface area contributed by atoms with Gasteiger partial charge in [0.1, 0.15) is 4.90 Å². The van der Waals surface area contributed by atoms with Crippen LogP contribution in [-0.4, -0.2) is 83.7 Å². The first-order valence-electron chi connectivity index (χ1n) is 7.85. The second kappa shape index (κ2) is 5.92. The molecule has 0 spiro atoms. The topological polar surface area (TPSA) is 61.7 Å². The molecule has 0 amide bonds. The molecule has 0 N–H and O–H groups in total. The highest BCUT2D eigenvalue weighted by Gasteiger charge is 2.40. The van der Waals surface area contributed by atoms with E-state index in [2.05, 4.69) is 28.7 Å². The van der Waals surface area contributed by atoms with E-state index in [9.17, 15) is 8.42 Å². The van der Waals surface area contributed by atoms with E-state index in [1.807, 2.05) is 0 Å². The van der Waals surface area contributed by atoms with Crippen LogP contribution in [0.4, 0.5) is 0 Å². The summed E-state index contributed by atoms with van der Waals surface area (Å²) in [5.74, 6) is 0. The Hall–Kier alpha value is -0.960. The van der Waals surface area contributed by atoms with Crippen molar-refractivity contribution in [3.05, 3.63) is 12.4 Å². The summed E-state index contributed by atoms with van der Waals surface area (Å²) in [5.41, 5.74) is 0. The first kappa shape index (κ1) is 15.9. The zero-order valence-corrected chi connectivity index (χ0v) is 14.3. The van der Waals surface area contributed by atoms with E-state index >= 15 is 0 Å². The van der Waals surface area contributed by atoms with Gasteiger partial charge in [-0.1, -0.05) is 0 Å². The number of hydrogen-bond acceptors (Lipinski definition) is 5. The minimum Gasteiger partial charge on any atom is -0.298 e. The lowest BCUT2D eigenvalue weighted by molar-refractivity contribution is 0.0316. The van der Waals surface area contributed by atoms with Gasteiger partial charge in [0, 0.05) is 64.6 Å². The third-order valence-electron chi connectivity index (χ3n) is 4.74. The van der Waals surface area contributed by atoms with Crippen molar-refractivity contribution in [3.63, 3.8) is 0 Å². The fourth-order valence-corrected chi connectivity index (χ4v) is 4.64. The molecular formula is C14H25N5O2S. The first-order valence-corrected chi connectivity index (χ1v) is 9.29. The van der Waals surface area contributed by atoms with E-state index in [1.165, 1.54) is 10.9 Å². The molecular weight excluding hydrogens is 302 g/mol. The van der Waals surface area contributed by atoms with Gasteiger partial charge >= 0.3 is 0 Å². The first-order chi connectivity index (χ1) is 10.4. The Labute approximate surface area is 132 Å². The van der Waals surface area contributed by atoms with Gasteiger partial charge in [-0.05, 0) is 13.8 Å². The van der Waals surface area contributed by atoms with Gasteiger partial charge in [0.2, 0.25) is 10.0 Å². The van der Waals surface area contributed by atoms with Crippen molar-refractivity contribution in [1.29, 1.82) is 0 Å². The molecule has 3 heterocycles. The van der Waals surface area contributed by atoms with Crippen molar-refractivity contribution in [1.82, 2.24) is 23.9 Å². The van der Waals surface area contributed by atoms with Gasteiger partial charge in [0.25, 0.3) is 0 Å². The second-order valence-electron chi connectivity index (χ2n) is 6.49. The minimum atomic E-state index is -3.36. The number of aromatic nitrogens is 2. The molecule has 0 aliphatic carbocycles. The molecule has 0 bridgehead atoms. The molecule has 7 nitrogen and oxygen atoms in total. The Balaban J connectivity index is 1.54. The molecule has 124 valence electrons. The van der Waals surface area contributed by atoms with Crippen molar-refractivity contribution in [2.75, 3.05) is 39.3 Å². The molecule has 0 atom stereocenters. The Morgan fingerprint density at radius 3 is 2.32 bits per heavy atom. The maximum atomic E-state index is 12.4. The number of nitrogens with zero attached hydrogens (tertiary/aromatic N) is 5. The summed E-state index contributed by atoms with van der Waals surface area (Å²) in [6, 6.07) is 0.951. The number of piperazine rings is 1. The van der Waals surface area contributed by atoms with Crippen LogP contribution in [-0.2, 0) is 17.1 Å². The van der Waals surface area contributed by atoms with E-state index in [-0.39, 0.29) is 4.90 Å². The largest absolute Gasteiger partial charge is 0.298 e. The van der Waals surface area contributed by atoms with Crippen molar-refractivity contribution in [2.24, 2.45) is 7.05 Å². The molecule has 1 aromatic rings. The summed E-state index contributed by atoms with van der Waals surface area (Å²) in [5, 5.41) is 3.95. The number of aryl methyl sites for hydroxylation is 1. The van der Waals surface area contributed by atoms with Gasteiger partial charge in [0.15, 0.2) is 0 Å². The lowest BCUT2D eigenvalue weighted by Gasteiger charge is -2.47. The summed E-state index contributed by atoms with van der Waals surface area (Å²) in [7, 11) is -1.64. The average molecular weight is 327 g/mol. The van der Waals surface area contributed by atoms with Crippen LogP contribution in [0.1, 0.15) is 13.8 Å². The molecule has 0 saturated carbocycles. The van der Waals surface area contributed by atoms with Crippen LogP contribution in [0.5, 0.6) is 0 Å².